The van der Waals surface area contributed by atoms with Crippen molar-refractivity contribution >= 4 is 42.4 Å². The van der Waals surface area contributed by atoms with Crippen molar-refractivity contribution in [3.05, 3.63) is 82.1 Å². The number of aliphatic hydroxyl groups excluding tert-OH is 1. The first-order chi connectivity index (χ1) is 19.0. The smallest absolute Gasteiger partial charge is 0.298 e. The van der Waals surface area contributed by atoms with Gasteiger partial charge in [0.25, 0.3) is 5.56 Å². The first-order valence-electron chi connectivity index (χ1n) is 12.2. The minimum Gasteiger partial charge on any atom is -0.444 e. The quantitative estimate of drug-likeness (QED) is 0.251. The lowest BCUT2D eigenvalue weighted by Crippen LogP contribution is -2.27. The summed E-state index contributed by atoms with van der Waals surface area (Å²) in [5, 5.41) is 18.1. The molecular weight excluding hydrogens is 598 g/mol. The van der Waals surface area contributed by atoms with Gasteiger partial charge in [0, 0.05) is 57.7 Å². The van der Waals surface area contributed by atoms with E-state index in [0.717, 1.165) is 21.0 Å². The molecule has 0 spiro atoms. The zero-order chi connectivity index (χ0) is 28.7. The fourth-order valence-corrected chi connectivity index (χ4v) is 5.51. The van der Waals surface area contributed by atoms with E-state index in [4.69, 9.17) is 9.52 Å². The summed E-state index contributed by atoms with van der Waals surface area (Å²) in [5.41, 5.74) is 1.58. The Morgan fingerprint density at radius 3 is 2.60 bits per heavy atom. The fourth-order valence-electron chi connectivity index (χ4n) is 4.17. The van der Waals surface area contributed by atoms with Crippen LogP contribution in [0.4, 0.5) is 5.69 Å². The third-order valence-corrected chi connectivity index (χ3v) is 7.93. The highest BCUT2D eigenvalue weighted by atomic mass is 79.9. The maximum atomic E-state index is 13.7. The molecule has 5 aromatic rings. The second-order valence-corrected chi connectivity index (χ2v) is 13.1. The summed E-state index contributed by atoms with van der Waals surface area (Å²) in [7, 11) is -3.75. The summed E-state index contributed by atoms with van der Waals surface area (Å²) in [6.07, 6.45) is 5.51. The van der Waals surface area contributed by atoms with Crippen LogP contribution in [0, 0.1) is 5.41 Å². The van der Waals surface area contributed by atoms with Crippen LogP contribution in [0.15, 0.2) is 85.9 Å². The molecule has 0 aliphatic carbocycles. The minimum atomic E-state index is -3.75. The molecule has 0 amide bonds. The van der Waals surface area contributed by atoms with Gasteiger partial charge >= 0.3 is 0 Å². The van der Waals surface area contributed by atoms with Crippen LogP contribution >= 0.6 is 15.9 Å². The van der Waals surface area contributed by atoms with Crippen molar-refractivity contribution in [3.8, 4) is 28.3 Å². The minimum absolute atomic E-state index is 0.0440. The number of halogens is 1. The Morgan fingerprint density at radius 2 is 1.90 bits per heavy atom. The van der Waals surface area contributed by atoms with E-state index >= 15 is 0 Å². The van der Waals surface area contributed by atoms with Gasteiger partial charge in [-0.2, -0.15) is 9.78 Å². The molecule has 0 fully saturated rings. The van der Waals surface area contributed by atoms with E-state index in [1.165, 1.54) is 18.7 Å². The van der Waals surface area contributed by atoms with Crippen molar-refractivity contribution in [1.29, 1.82) is 0 Å². The average Bonchev–Trinajstić information content (AvgIpc) is 3.47. The molecule has 5 rings (SSSR count). The van der Waals surface area contributed by atoms with Gasteiger partial charge in [-0.05, 0) is 48.5 Å². The predicted octanol–water partition coefficient (Wildman–Crippen LogP) is 4.70. The summed E-state index contributed by atoms with van der Waals surface area (Å²) < 4.78 is 32.9. The second kappa shape index (κ2) is 10.6. The van der Waals surface area contributed by atoms with E-state index in [2.05, 4.69) is 31.2 Å². The van der Waals surface area contributed by atoms with E-state index in [9.17, 15) is 18.3 Å². The molecule has 0 atom stereocenters. The molecule has 12 heteroatoms. The monoisotopic (exact) mass is 623 g/mol. The number of aliphatic hydroxyl groups is 1. The Bertz CT molecular complexity index is 1890. The summed E-state index contributed by atoms with van der Waals surface area (Å²) >= 11 is 3.54. The van der Waals surface area contributed by atoms with Crippen molar-refractivity contribution in [2.24, 2.45) is 5.41 Å². The van der Waals surface area contributed by atoms with Gasteiger partial charge in [-0.3, -0.25) is 9.78 Å². The van der Waals surface area contributed by atoms with E-state index in [1.54, 1.807) is 30.5 Å². The van der Waals surface area contributed by atoms with Gasteiger partial charge in [0.2, 0.25) is 0 Å². The summed E-state index contributed by atoms with van der Waals surface area (Å²) in [4.78, 5) is 22.0. The largest absolute Gasteiger partial charge is 0.444 e. The molecule has 3 heterocycles. The van der Waals surface area contributed by atoms with Gasteiger partial charge in [0.15, 0.2) is 22.0 Å². The van der Waals surface area contributed by atoms with Crippen LogP contribution < -0.4 is 10.9 Å². The number of anilines is 1. The number of nitrogens with zero attached hydrogens (tertiary/aromatic N) is 4. The van der Waals surface area contributed by atoms with Crippen molar-refractivity contribution in [3.63, 3.8) is 0 Å². The zero-order valence-electron chi connectivity index (χ0n) is 21.9. The number of hydrogen-bond acceptors (Lipinski definition) is 9. The number of hydrogen-bond donors (Lipinski definition) is 2. The van der Waals surface area contributed by atoms with Crippen LogP contribution in [0.2, 0.25) is 0 Å². The average molecular weight is 625 g/mol. The lowest BCUT2D eigenvalue weighted by molar-refractivity contribution is 0.171. The third kappa shape index (κ3) is 5.55. The molecule has 0 unspecified atom stereocenters. The molecule has 0 aliphatic rings. The van der Waals surface area contributed by atoms with E-state index in [1.807, 2.05) is 32.0 Å². The molecule has 0 radical (unpaired) electrons. The number of benzene rings is 2. The Balaban J connectivity index is 1.77. The number of sulfone groups is 1. The topological polar surface area (TPSA) is 140 Å². The molecule has 40 heavy (non-hydrogen) atoms. The normalized spacial score (nSPS) is 12.1. The Kier molecular flexibility index (Phi) is 7.34. The summed E-state index contributed by atoms with van der Waals surface area (Å²) in [6, 6.07) is 13.6. The van der Waals surface area contributed by atoms with Crippen molar-refractivity contribution in [1.82, 2.24) is 19.7 Å². The highest BCUT2D eigenvalue weighted by molar-refractivity contribution is 9.10. The molecule has 0 aliphatic heterocycles. The van der Waals surface area contributed by atoms with Crippen LogP contribution in [-0.2, 0) is 9.84 Å². The van der Waals surface area contributed by atoms with Crippen molar-refractivity contribution in [2.75, 3.05) is 24.7 Å². The predicted molar refractivity (Wildman–Crippen MR) is 156 cm³/mol. The van der Waals surface area contributed by atoms with E-state index in [0.29, 0.717) is 34.6 Å². The van der Waals surface area contributed by atoms with Gasteiger partial charge in [0.1, 0.15) is 11.2 Å². The molecular formula is C28H26BrN5O5S. The second-order valence-electron chi connectivity index (χ2n) is 10.2. The number of pyridine rings is 1. The van der Waals surface area contributed by atoms with Gasteiger partial charge in [0.05, 0.1) is 16.8 Å². The fraction of sp³-hybridized carbons (Fsp3) is 0.214. The van der Waals surface area contributed by atoms with Crippen molar-refractivity contribution < 1.29 is 17.9 Å². The Morgan fingerprint density at radius 1 is 1.12 bits per heavy atom. The highest BCUT2D eigenvalue weighted by Crippen LogP contribution is 2.33. The first-order valence-corrected chi connectivity index (χ1v) is 14.9. The van der Waals surface area contributed by atoms with Crippen LogP contribution in [0.25, 0.3) is 39.2 Å². The van der Waals surface area contributed by atoms with Crippen LogP contribution in [0.1, 0.15) is 13.8 Å². The third-order valence-electron chi connectivity index (χ3n) is 6.33. The lowest BCUT2D eigenvalue weighted by Gasteiger charge is -2.23. The van der Waals surface area contributed by atoms with Crippen molar-refractivity contribution in [2.45, 2.75) is 18.7 Å². The van der Waals surface area contributed by atoms with E-state index in [-0.39, 0.29) is 22.7 Å². The molecule has 0 saturated carbocycles. The maximum Gasteiger partial charge on any atom is 0.298 e. The molecule has 0 saturated heterocycles. The van der Waals surface area contributed by atoms with E-state index < -0.39 is 20.8 Å². The highest BCUT2D eigenvalue weighted by Gasteiger charge is 2.22. The zero-order valence-corrected chi connectivity index (χ0v) is 24.3. The van der Waals surface area contributed by atoms with Crippen LogP contribution in [0.3, 0.4) is 0 Å². The standard InChI is InChI=1S/C28H26BrN5O5S/c1-28(2,15-35)14-32-20-6-7-24(40(3,37)38)22(12-20)34-27(36)26-21(5-4-8-31-26)25(33-34)18-9-17(10-19(29)11-18)23-13-30-16-39-23/h4-13,16,32,35H,14-15H2,1-3H3. The molecule has 206 valence electrons. The number of oxazole rings is 1. The molecule has 2 N–H and O–H groups in total. The van der Waals surface area contributed by atoms with Gasteiger partial charge < -0.3 is 14.8 Å². The van der Waals surface area contributed by atoms with Crippen LogP contribution in [-0.4, -0.2) is 52.7 Å². The number of nitrogens with one attached hydrogen (secondary N) is 1. The lowest BCUT2D eigenvalue weighted by atomic mass is 9.95. The molecule has 3 aromatic heterocycles. The summed E-state index contributed by atoms with van der Waals surface area (Å²) in [6.45, 7) is 4.16. The Labute approximate surface area is 238 Å². The molecule has 10 nitrogen and oxygen atoms in total. The van der Waals surface area contributed by atoms with Gasteiger partial charge in [-0.15, -0.1) is 0 Å². The number of aromatic nitrogens is 4. The SMILES string of the molecule is CC(C)(CO)CNc1ccc(S(C)(=O)=O)c(-n2nc(-c3cc(Br)cc(-c4cnco4)c3)c3cccnc3c2=O)c1. The van der Waals surface area contributed by atoms with Gasteiger partial charge in [-0.1, -0.05) is 29.8 Å². The number of fused-ring (bicyclic) bond motifs is 1. The number of rotatable bonds is 8. The first kappa shape index (κ1) is 27.7. The molecule has 0 bridgehead atoms. The maximum absolute atomic E-state index is 13.7. The van der Waals surface area contributed by atoms with Crippen LogP contribution in [0.5, 0.6) is 0 Å². The summed E-state index contributed by atoms with van der Waals surface area (Å²) in [5.74, 6) is 0.544. The Hall–Kier alpha value is -3.87. The molecule has 2 aromatic carbocycles. The van der Waals surface area contributed by atoms with Gasteiger partial charge in [-0.25, -0.2) is 13.4 Å².